The fourth-order valence-electron chi connectivity index (χ4n) is 1.67. The van der Waals surface area contributed by atoms with Crippen LogP contribution in [-0.4, -0.2) is 13.1 Å². The van der Waals surface area contributed by atoms with Crippen LogP contribution < -0.4 is 5.32 Å². The number of rotatable bonds is 3. The van der Waals surface area contributed by atoms with Crippen molar-refractivity contribution in [3.05, 3.63) is 34.5 Å². The molecule has 1 aromatic carbocycles. The highest BCUT2D eigenvalue weighted by molar-refractivity contribution is 9.10. The van der Waals surface area contributed by atoms with E-state index in [9.17, 15) is 0 Å². The van der Waals surface area contributed by atoms with Crippen LogP contribution in [-0.2, 0) is 6.42 Å². The van der Waals surface area contributed by atoms with Crippen LogP contribution in [0.4, 0.5) is 0 Å². The molecule has 0 amide bonds. The molecule has 1 heterocycles. The molecule has 1 N–H and O–H groups in total. The number of likely N-dealkylation sites (N-methyl/N-ethyl adjacent to an activating group) is 1. The third-order valence-corrected chi connectivity index (χ3v) is 3.28. The first-order valence-corrected chi connectivity index (χ1v) is 5.83. The zero-order chi connectivity index (χ0) is 10.8. The van der Waals surface area contributed by atoms with Crippen molar-refractivity contribution >= 4 is 26.9 Å². The minimum atomic E-state index is 0.463. The number of hydrogen-bond acceptors (Lipinski definition) is 2. The van der Waals surface area contributed by atoms with E-state index in [-0.39, 0.29) is 0 Å². The molecule has 1 aromatic heterocycles. The zero-order valence-corrected chi connectivity index (χ0v) is 10.5. The minimum absolute atomic E-state index is 0.463. The Balaban J connectivity index is 2.41. The van der Waals surface area contributed by atoms with Gasteiger partial charge in [-0.2, -0.15) is 0 Å². The molecular formula is C12H14BrNO. The number of nitrogens with one attached hydrogen (secondary N) is 1. The van der Waals surface area contributed by atoms with Crippen molar-refractivity contribution in [1.82, 2.24) is 5.32 Å². The molecule has 0 saturated carbocycles. The van der Waals surface area contributed by atoms with E-state index in [1.54, 1.807) is 0 Å². The van der Waals surface area contributed by atoms with Gasteiger partial charge >= 0.3 is 0 Å². The van der Waals surface area contributed by atoms with Crippen LogP contribution in [0.1, 0.15) is 12.5 Å². The number of para-hydroxylation sites is 1. The van der Waals surface area contributed by atoms with Crippen molar-refractivity contribution in [2.45, 2.75) is 19.4 Å². The van der Waals surface area contributed by atoms with Gasteiger partial charge in [0, 0.05) is 11.4 Å². The summed E-state index contributed by atoms with van der Waals surface area (Å²) in [6.07, 6.45) is 2.84. The van der Waals surface area contributed by atoms with E-state index in [0.29, 0.717) is 6.04 Å². The molecule has 0 aliphatic rings. The lowest BCUT2D eigenvalue weighted by Crippen LogP contribution is -2.23. The van der Waals surface area contributed by atoms with Crippen molar-refractivity contribution in [2.75, 3.05) is 7.05 Å². The van der Waals surface area contributed by atoms with Gasteiger partial charge in [-0.15, -0.1) is 0 Å². The second kappa shape index (κ2) is 4.37. The van der Waals surface area contributed by atoms with E-state index in [1.807, 2.05) is 25.4 Å². The highest BCUT2D eigenvalue weighted by Gasteiger charge is 2.10. The Morgan fingerprint density at radius 3 is 3.00 bits per heavy atom. The molecule has 0 saturated heterocycles. The van der Waals surface area contributed by atoms with Crippen LogP contribution >= 0.6 is 15.9 Å². The fraction of sp³-hybridized carbons (Fsp3) is 0.333. The normalized spacial score (nSPS) is 13.3. The summed E-state index contributed by atoms with van der Waals surface area (Å²) >= 11 is 3.48. The van der Waals surface area contributed by atoms with Gasteiger partial charge in [-0.1, -0.05) is 12.1 Å². The topological polar surface area (TPSA) is 25.2 Å². The molecule has 2 nitrogen and oxygen atoms in total. The lowest BCUT2D eigenvalue weighted by Gasteiger charge is -2.07. The number of hydrogen-bond donors (Lipinski definition) is 1. The summed E-state index contributed by atoms with van der Waals surface area (Å²) in [5, 5.41) is 4.43. The molecule has 2 aromatic rings. The Kier molecular flexibility index (Phi) is 3.12. The van der Waals surface area contributed by atoms with Gasteiger partial charge < -0.3 is 9.73 Å². The second-order valence-corrected chi connectivity index (χ2v) is 4.63. The van der Waals surface area contributed by atoms with Gasteiger partial charge in [0.05, 0.1) is 10.7 Å². The maximum Gasteiger partial charge on any atom is 0.148 e. The third kappa shape index (κ3) is 2.08. The van der Waals surface area contributed by atoms with E-state index >= 15 is 0 Å². The molecule has 0 bridgehead atoms. The van der Waals surface area contributed by atoms with Crippen LogP contribution in [0.3, 0.4) is 0 Å². The molecule has 15 heavy (non-hydrogen) atoms. The van der Waals surface area contributed by atoms with Crippen molar-refractivity contribution in [3.8, 4) is 0 Å². The van der Waals surface area contributed by atoms with E-state index in [0.717, 1.165) is 16.5 Å². The van der Waals surface area contributed by atoms with Crippen molar-refractivity contribution in [2.24, 2.45) is 0 Å². The quantitative estimate of drug-likeness (QED) is 0.923. The van der Waals surface area contributed by atoms with Gasteiger partial charge in [-0.3, -0.25) is 0 Å². The Bertz CT molecular complexity index is 464. The largest absolute Gasteiger partial charge is 0.463 e. The Labute approximate surface area is 97.8 Å². The predicted octanol–water partition coefficient (Wildman–Crippen LogP) is 3.35. The second-order valence-electron chi connectivity index (χ2n) is 3.77. The Morgan fingerprint density at radius 2 is 2.27 bits per heavy atom. The van der Waals surface area contributed by atoms with Gasteiger partial charge in [-0.05, 0) is 48.0 Å². The first kappa shape index (κ1) is 10.7. The molecule has 0 radical (unpaired) electrons. The first-order valence-electron chi connectivity index (χ1n) is 5.04. The molecule has 0 aliphatic carbocycles. The Morgan fingerprint density at radius 1 is 1.47 bits per heavy atom. The third-order valence-electron chi connectivity index (χ3n) is 2.65. The molecule has 3 heteroatoms. The first-order chi connectivity index (χ1) is 7.22. The van der Waals surface area contributed by atoms with Gasteiger partial charge in [0.15, 0.2) is 0 Å². The van der Waals surface area contributed by atoms with Crippen LogP contribution in [0.2, 0.25) is 0 Å². The van der Waals surface area contributed by atoms with Gasteiger partial charge in [0.25, 0.3) is 0 Å². The van der Waals surface area contributed by atoms with Crippen LogP contribution in [0.25, 0.3) is 11.0 Å². The number of halogens is 1. The van der Waals surface area contributed by atoms with Crippen LogP contribution in [0.15, 0.2) is 33.4 Å². The Hall–Kier alpha value is -0.800. The molecular weight excluding hydrogens is 254 g/mol. The molecule has 2 rings (SSSR count). The molecule has 0 spiro atoms. The van der Waals surface area contributed by atoms with Gasteiger partial charge in [-0.25, -0.2) is 0 Å². The summed E-state index contributed by atoms with van der Waals surface area (Å²) in [6, 6.07) is 6.60. The molecule has 0 aliphatic heterocycles. The predicted molar refractivity (Wildman–Crippen MR) is 66.1 cm³/mol. The van der Waals surface area contributed by atoms with Crippen molar-refractivity contribution < 1.29 is 4.42 Å². The highest BCUT2D eigenvalue weighted by Crippen LogP contribution is 2.28. The summed E-state index contributed by atoms with van der Waals surface area (Å²) in [7, 11) is 1.98. The highest BCUT2D eigenvalue weighted by atomic mass is 79.9. The summed E-state index contributed by atoms with van der Waals surface area (Å²) < 4.78 is 6.57. The SMILES string of the molecule is CNC(C)Cc1coc2c(Br)cccc12. The number of furan rings is 1. The molecule has 1 atom stereocenters. The van der Waals surface area contributed by atoms with Crippen LogP contribution in [0.5, 0.6) is 0 Å². The average Bonchev–Trinajstić information content (AvgIpc) is 2.63. The van der Waals surface area contributed by atoms with E-state index in [1.165, 1.54) is 10.9 Å². The summed E-state index contributed by atoms with van der Waals surface area (Å²) in [5.74, 6) is 0. The summed E-state index contributed by atoms with van der Waals surface area (Å²) in [4.78, 5) is 0. The summed E-state index contributed by atoms with van der Waals surface area (Å²) in [6.45, 7) is 2.16. The average molecular weight is 268 g/mol. The zero-order valence-electron chi connectivity index (χ0n) is 8.88. The van der Waals surface area contributed by atoms with E-state index < -0.39 is 0 Å². The molecule has 80 valence electrons. The lowest BCUT2D eigenvalue weighted by atomic mass is 10.1. The maximum atomic E-state index is 5.55. The van der Waals surface area contributed by atoms with Crippen LogP contribution in [0, 0.1) is 0 Å². The maximum absolute atomic E-state index is 5.55. The van der Waals surface area contributed by atoms with E-state index in [2.05, 4.69) is 34.2 Å². The minimum Gasteiger partial charge on any atom is -0.463 e. The van der Waals surface area contributed by atoms with Gasteiger partial charge in [0.2, 0.25) is 0 Å². The number of benzene rings is 1. The van der Waals surface area contributed by atoms with E-state index in [4.69, 9.17) is 4.42 Å². The number of fused-ring (bicyclic) bond motifs is 1. The molecule has 0 fully saturated rings. The lowest BCUT2D eigenvalue weighted by molar-refractivity contribution is 0.583. The van der Waals surface area contributed by atoms with Crippen molar-refractivity contribution in [1.29, 1.82) is 0 Å². The monoisotopic (exact) mass is 267 g/mol. The molecule has 1 unspecified atom stereocenters. The van der Waals surface area contributed by atoms with Gasteiger partial charge in [0.1, 0.15) is 5.58 Å². The fourth-order valence-corrected chi connectivity index (χ4v) is 2.12. The standard InChI is InChI=1S/C12H14BrNO/c1-8(14-2)6-9-7-15-12-10(9)4-3-5-11(12)13/h3-5,7-8,14H,6H2,1-2H3. The van der Waals surface area contributed by atoms with Crippen molar-refractivity contribution in [3.63, 3.8) is 0 Å². The summed E-state index contributed by atoms with van der Waals surface area (Å²) in [5.41, 5.74) is 2.20. The smallest absolute Gasteiger partial charge is 0.148 e.